The van der Waals surface area contributed by atoms with Gasteiger partial charge < -0.3 is 10.1 Å². The average molecular weight is 480 g/mol. The number of hydrazone groups is 1. The molecule has 2 amide bonds. The van der Waals surface area contributed by atoms with Crippen LogP contribution in [0.1, 0.15) is 22.3 Å². The molecule has 2 N–H and O–H groups in total. The molecule has 0 heterocycles. The summed E-state index contributed by atoms with van der Waals surface area (Å²) in [5.74, 6) is -0.909. The number of ether oxygens (including phenoxy) is 1. The third-order valence-electron chi connectivity index (χ3n) is 4.56. The Kier molecular flexibility index (Phi) is 7.56. The number of aryl methyl sites for hydroxylation is 2. The molecule has 6 nitrogen and oxygen atoms in total. The highest BCUT2D eigenvalue weighted by Gasteiger charge is 2.14. The van der Waals surface area contributed by atoms with E-state index in [1.807, 2.05) is 68.4 Å². The van der Waals surface area contributed by atoms with Gasteiger partial charge in [0.05, 0.1) is 6.21 Å². The molecule has 0 unspecified atom stereocenters. The lowest BCUT2D eigenvalue weighted by Gasteiger charge is -2.08. The molecule has 0 aliphatic rings. The molecule has 0 spiro atoms. The number of carbonyl (C=O) groups excluding carboxylic acids is 2. The third kappa shape index (κ3) is 6.52. The SMILES string of the molecule is Cc1ccccc1COc1ccc(/C=N/NC(=O)C(=O)Nc2ccc(Br)cc2C)cc1. The molecule has 158 valence electrons. The average Bonchev–Trinajstić information content (AvgIpc) is 2.76. The summed E-state index contributed by atoms with van der Waals surface area (Å²) in [6.45, 7) is 4.38. The van der Waals surface area contributed by atoms with E-state index in [9.17, 15) is 9.59 Å². The topological polar surface area (TPSA) is 79.8 Å². The van der Waals surface area contributed by atoms with E-state index in [1.54, 1.807) is 12.1 Å². The Balaban J connectivity index is 1.49. The highest BCUT2D eigenvalue weighted by Crippen LogP contribution is 2.20. The van der Waals surface area contributed by atoms with Crippen LogP contribution in [-0.2, 0) is 16.2 Å². The normalized spacial score (nSPS) is 10.7. The molecule has 0 aliphatic heterocycles. The highest BCUT2D eigenvalue weighted by atomic mass is 79.9. The molecule has 0 radical (unpaired) electrons. The van der Waals surface area contributed by atoms with Crippen LogP contribution in [-0.4, -0.2) is 18.0 Å². The van der Waals surface area contributed by atoms with Crippen molar-refractivity contribution in [3.63, 3.8) is 0 Å². The summed E-state index contributed by atoms with van der Waals surface area (Å²) in [5.41, 5.74) is 6.70. The standard InChI is InChI=1S/C24H22BrN3O3/c1-16-5-3-4-6-19(16)15-31-21-10-7-18(8-11-21)14-26-28-24(30)23(29)27-22-12-9-20(25)13-17(22)2/h3-14H,15H2,1-2H3,(H,27,29)(H,28,30)/b26-14+. The third-order valence-corrected chi connectivity index (χ3v) is 5.05. The first-order valence-electron chi connectivity index (χ1n) is 9.60. The van der Waals surface area contributed by atoms with E-state index in [1.165, 1.54) is 11.8 Å². The second kappa shape index (κ2) is 10.5. The zero-order chi connectivity index (χ0) is 22.2. The summed E-state index contributed by atoms with van der Waals surface area (Å²) in [7, 11) is 0. The molecule has 0 saturated heterocycles. The Hall–Kier alpha value is -3.45. The molecule has 0 aromatic heterocycles. The van der Waals surface area contributed by atoms with E-state index in [-0.39, 0.29) is 0 Å². The first-order valence-corrected chi connectivity index (χ1v) is 10.4. The summed E-state index contributed by atoms with van der Waals surface area (Å²) >= 11 is 3.36. The van der Waals surface area contributed by atoms with Gasteiger partial charge in [-0.2, -0.15) is 5.10 Å². The number of benzene rings is 3. The van der Waals surface area contributed by atoms with Crippen molar-refractivity contribution in [2.24, 2.45) is 5.10 Å². The quantitative estimate of drug-likeness (QED) is 0.304. The Labute approximate surface area is 189 Å². The molecule has 0 bridgehead atoms. The predicted octanol–water partition coefficient (Wildman–Crippen LogP) is 4.73. The molecule has 0 atom stereocenters. The Morgan fingerprint density at radius 3 is 2.42 bits per heavy atom. The van der Waals surface area contributed by atoms with Crippen LogP contribution < -0.4 is 15.5 Å². The molecular formula is C24H22BrN3O3. The summed E-state index contributed by atoms with van der Waals surface area (Å²) < 4.78 is 6.70. The van der Waals surface area contributed by atoms with E-state index in [2.05, 4.69) is 31.8 Å². The van der Waals surface area contributed by atoms with E-state index < -0.39 is 11.8 Å². The van der Waals surface area contributed by atoms with Gasteiger partial charge in [0, 0.05) is 10.2 Å². The number of halogens is 1. The fraction of sp³-hybridized carbons (Fsp3) is 0.125. The maximum absolute atomic E-state index is 12.0. The maximum Gasteiger partial charge on any atom is 0.329 e. The van der Waals surface area contributed by atoms with Gasteiger partial charge in [-0.05, 0) is 78.6 Å². The smallest absolute Gasteiger partial charge is 0.329 e. The van der Waals surface area contributed by atoms with E-state index in [0.717, 1.165) is 26.9 Å². The van der Waals surface area contributed by atoms with Gasteiger partial charge in [-0.15, -0.1) is 0 Å². The predicted molar refractivity (Wildman–Crippen MR) is 125 cm³/mol. The van der Waals surface area contributed by atoms with E-state index in [0.29, 0.717) is 12.3 Å². The van der Waals surface area contributed by atoms with Gasteiger partial charge in [0.15, 0.2) is 0 Å². The van der Waals surface area contributed by atoms with Crippen LogP contribution in [0.3, 0.4) is 0 Å². The van der Waals surface area contributed by atoms with Crippen LogP contribution in [0.5, 0.6) is 5.75 Å². The summed E-state index contributed by atoms with van der Waals surface area (Å²) in [5, 5.41) is 6.40. The van der Waals surface area contributed by atoms with Gasteiger partial charge in [0.1, 0.15) is 12.4 Å². The van der Waals surface area contributed by atoms with Gasteiger partial charge in [-0.1, -0.05) is 40.2 Å². The molecule has 3 rings (SSSR count). The lowest BCUT2D eigenvalue weighted by Crippen LogP contribution is -2.32. The Bertz CT molecular complexity index is 1110. The van der Waals surface area contributed by atoms with Gasteiger partial charge in [0.2, 0.25) is 0 Å². The second-order valence-electron chi connectivity index (χ2n) is 6.90. The van der Waals surface area contributed by atoms with Crippen LogP contribution in [0.4, 0.5) is 5.69 Å². The van der Waals surface area contributed by atoms with E-state index in [4.69, 9.17) is 4.74 Å². The minimum atomic E-state index is -0.850. The van der Waals surface area contributed by atoms with Crippen molar-refractivity contribution < 1.29 is 14.3 Å². The van der Waals surface area contributed by atoms with Crippen LogP contribution in [0.25, 0.3) is 0 Å². The van der Waals surface area contributed by atoms with Crippen molar-refractivity contribution in [1.29, 1.82) is 0 Å². The van der Waals surface area contributed by atoms with Gasteiger partial charge in [-0.25, -0.2) is 5.43 Å². The van der Waals surface area contributed by atoms with Crippen molar-refractivity contribution in [2.45, 2.75) is 20.5 Å². The fourth-order valence-electron chi connectivity index (χ4n) is 2.75. The highest BCUT2D eigenvalue weighted by molar-refractivity contribution is 9.10. The number of hydrogen-bond acceptors (Lipinski definition) is 4. The van der Waals surface area contributed by atoms with Crippen molar-refractivity contribution in [3.05, 3.63) is 93.5 Å². The molecular weight excluding hydrogens is 458 g/mol. The fourth-order valence-corrected chi connectivity index (χ4v) is 3.22. The van der Waals surface area contributed by atoms with Gasteiger partial charge in [-0.3, -0.25) is 9.59 Å². The van der Waals surface area contributed by atoms with Crippen LogP contribution >= 0.6 is 15.9 Å². The maximum atomic E-state index is 12.0. The summed E-state index contributed by atoms with van der Waals surface area (Å²) in [6.07, 6.45) is 1.46. The lowest BCUT2D eigenvalue weighted by atomic mass is 10.1. The van der Waals surface area contributed by atoms with Gasteiger partial charge >= 0.3 is 11.8 Å². The first-order chi connectivity index (χ1) is 14.9. The Morgan fingerprint density at radius 2 is 1.71 bits per heavy atom. The number of nitrogens with one attached hydrogen (secondary N) is 2. The van der Waals surface area contributed by atoms with Crippen LogP contribution in [0, 0.1) is 13.8 Å². The number of anilines is 1. The first kappa shape index (κ1) is 22.2. The molecule has 0 fully saturated rings. The van der Waals surface area contributed by atoms with Crippen LogP contribution in [0.15, 0.2) is 76.3 Å². The van der Waals surface area contributed by atoms with Crippen molar-refractivity contribution in [3.8, 4) is 5.75 Å². The van der Waals surface area contributed by atoms with Crippen molar-refractivity contribution in [1.82, 2.24) is 5.43 Å². The molecule has 3 aromatic rings. The second-order valence-corrected chi connectivity index (χ2v) is 7.81. The van der Waals surface area contributed by atoms with Crippen LogP contribution in [0.2, 0.25) is 0 Å². The van der Waals surface area contributed by atoms with E-state index >= 15 is 0 Å². The molecule has 0 saturated carbocycles. The molecule has 7 heteroatoms. The largest absolute Gasteiger partial charge is 0.489 e. The van der Waals surface area contributed by atoms with Crippen molar-refractivity contribution >= 4 is 39.6 Å². The number of carbonyl (C=O) groups is 2. The molecule has 3 aromatic carbocycles. The summed E-state index contributed by atoms with van der Waals surface area (Å²) in [4.78, 5) is 24.0. The molecule has 31 heavy (non-hydrogen) atoms. The zero-order valence-corrected chi connectivity index (χ0v) is 18.8. The lowest BCUT2D eigenvalue weighted by molar-refractivity contribution is -0.136. The monoisotopic (exact) mass is 479 g/mol. The number of rotatable bonds is 6. The van der Waals surface area contributed by atoms with Gasteiger partial charge in [0.25, 0.3) is 0 Å². The zero-order valence-electron chi connectivity index (χ0n) is 17.2. The summed E-state index contributed by atoms with van der Waals surface area (Å²) in [6, 6.07) is 20.7. The molecule has 0 aliphatic carbocycles. The Morgan fingerprint density at radius 1 is 0.968 bits per heavy atom. The number of nitrogens with zero attached hydrogens (tertiary/aromatic N) is 1. The van der Waals surface area contributed by atoms with Crippen molar-refractivity contribution in [2.75, 3.05) is 5.32 Å². The number of hydrogen-bond donors (Lipinski definition) is 2. The minimum absolute atomic E-state index is 0.489. The minimum Gasteiger partial charge on any atom is -0.489 e. The number of amides is 2.